The van der Waals surface area contributed by atoms with Crippen LogP contribution < -0.4 is 9.47 Å². The molecular formula is C22H23NO4. The number of methoxy groups -OCH3 is 2. The monoisotopic (exact) mass is 365 g/mol. The molecule has 0 bridgehead atoms. The van der Waals surface area contributed by atoms with Crippen molar-refractivity contribution < 1.29 is 19.4 Å². The molecule has 0 spiro atoms. The van der Waals surface area contributed by atoms with E-state index < -0.39 is 5.97 Å². The van der Waals surface area contributed by atoms with Gasteiger partial charge in [-0.25, -0.2) is 4.79 Å². The van der Waals surface area contributed by atoms with E-state index in [2.05, 4.69) is 6.07 Å². The molecule has 2 aromatic carbocycles. The second-order valence-electron chi connectivity index (χ2n) is 7.11. The molecule has 2 atom stereocenters. The van der Waals surface area contributed by atoms with Crippen molar-refractivity contribution in [2.24, 2.45) is 4.99 Å². The number of carboxylic acids is 1. The highest BCUT2D eigenvalue weighted by Gasteiger charge is 2.34. The molecule has 0 aromatic heterocycles. The van der Waals surface area contributed by atoms with Gasteiger partial charge >= 0.3 is 5.97 Å². The Bertz CT molecular complexity index is 901. The van der Waals surface area contributed by atoms with Gasteiger partial charge in [-0.05, 0) is 42.7 Å². The van der Waals surface area contributed by atoms with Crippen molar-refractivity contribution in [3.63, 3.8) is 0 Å². The summed E-state index contributed by atoms with van der Waals surface area (Å²) in [6, 6.07) is 11.3. The van der Waals surface area contributed by atoms with Crippen LogP contribution in [0.5, 0.6) is 11.5 Å². The van der Waals surface area contributed by atoms with Crippen LogP contribution in [0.2, 0.25) is 0 Å². The van der Waals surface area contributed by atoms with E-state index in [1.807, 2.05) is 18.2 Å². The van der Waals surface area contributed by atoms with E-state index in [0.717, 1.165) is 35.4 Å². The molecule has 2 unspecified atom stereocenters. The number of aliphatic imine (C=N–C) groups is 1. The normalized spacial score (nSPS) is 20.9. The zero-order valence-electron chi connectivity index (χ0n) is 15.6. The number of fused-ring (bicyclic) bond motifs is 3. The highest BCUT2D eigenvalue weighted by atomic mass is 16.5. The molecule has 0 saturated heterocycles. The molecule has 5 nitrogen and oxygen atoms in total. The minimum absolute atomic E-state index is 0.263. The number of rotatable bonds is 4. The average Bonchev–Trinajstić information content (AvgIpc) is 2.72. The maximum atomic E-state index is 11.2. The van der Waals surface area contributed by atoms with Crippen LogP contribution >= 0.6 is 0 Å². The molecular weight excluding hydrogens is 342 g/mol. The van der Waals surface area contributed by atoms with Crippen molar-refractivity contribution in [3.8, 4) is 11.5 Å². The summed E-state index contributed by atoms with van der Waals surface area (Å²) < 4.78 is 11.1. The fraction of sp³-hybridized carbons (Fsp3) is 0.364. The predicted molar refractivity (Wildman–Crippen MR) is 104 cm³/mol. The summed E-state index contributed by atoms with van der Waals surface area (Å²) in [6.45, 7) is 0. The molecule has 1 saturated carbocycles. The predicted octanol–water partition coefficient (Wildman–Crippen LogP) is 4.28. The molecule has 0 radical (unpaired) electrons. The van der Waals surface area contributed by atoms with Gasteiger partial charge in [-0.1, -0.05) is 25.0 Å². The number of ether oxygens (including phenoxy) is 2. The van der Waals surface area contributed by atoms with Crippen molar-refractivity contribution >= 4 is 11.7 Å². The third-order valence-corrected chi connectivity index (χ3v) is 5.64. The second-order valence-corrected chi connectivity index (χ2v) is 7.11. The molecule has 1 fully saturated rings. The molecule has 0 amide bonds. The Labute approximate surface area is 158 Å². The average molecular weight is 365 g/mol. The molecule has 5 heteroatoms. The minimum Gasteiger partial charge on any atom is -0.493 e. The largest absolute Gasteiger partial charge is 0.493 e. The van der Waals surface area contributed by atoms with Gasteiger partial charge in [0.25, 0.3) is 0 Å². The molecule has 1 heterocycles. The number of benzene rings is 2. The summed E-state index contributed by atoms with van der Waals surface area (Å²) in [5.74, 6) is 0.894. The van der Waals surface area contributed by atoms with Gasteiger partial charge in [-0.2, -0.15) is 0 Å². The van der Waals surface area contributed by atoms with Crippen LogP contribution in [0.15, 0.2) is 41.4 Å². The van der Waals surface area contributed by atoms with Gasteiger partial charge in [0, 0.05) is 17.0 Å². The van der Waals surface area contributed by atoms with E-state index in [1.54, 1.807) is 26.4 Å². The fourth-order valence-corrected chi connectivity index (χ4v) is 4.27. The Morgan fingerprint density at radius 1 is 1.04 bits per heavy atom. The summed E-state index contributed by atoms with van der Waals surface area (Å²) in [7, 11) is 3.29. The van der Waals surface area contributed by atoms with Crippen LogP contribution in [0.25, 0.3) is 0 Å². The quantitative estimate of drug-likeness (QED) is 0.878. The Hall–Kier alpha value is -2.82. The number of nitrogens with zero attached hydrogens (tertiary/aromatic N) is 1. The van der Waals surface area contributed by atoms with E-state index in [1.165, 1.54) is 18.4 Å². The summed E-state index contributed by atoms with van der Waals surface area (Å²) in [6.07, 6.45) is 4.61. The van der Waals surface area contributed by atoms with Gasteiger partial charge < -0.3 is 14.6 Å². The van der Waals surface area contributed by atoms with Crippen LogP contribution in [0.1, 0.15) is 58.6 Å². The van der Waals surface area contributed by atoms with Crippen LogP contribution in [0.4, 0.5) is 0 Å². The van der Waals surface area contributed by atoms with Crippen molar-refractivity contribution in [2.75, 3.05) is 14.2 Å². The van der Waals surface area contributed by atoms with Gasteiger partial charge in [-0.3, -0.25) is 4.99 Å². The first-order valence-electron chi connectivity index (χ1n) is 9.30. The molecule has 1 aliphatic heterocycles. The topological polar surface area (TPSA) is 68.1 Å². The number of carbonyl (C=O) groups is 1. The Morgan fingerprint density at radius 2 is 1.70 bits per heavy atom. The first-order chi connectivity index (χ1) is 13.1. The smallest absolute Gasteiger partial charge is 0.335 e. The number of hydrogen-bond donors (Lipinski definition) is 1. The van der Waals surface area contributed by atoms with Gasteiger partial charge in [0.05, 0.1) is 31.5 Å². The lowest BCUT2D eigenvalue weighted by atomic mass is 9.75. The standard InChI is InChI=1S/C22H23NO4/c1-26-19-11-16-15-5-3-4-6-18(15)23-21(17(16)12-20(19)27-2)13-7-9-14(10-8-13)22(24)25/h7-12,15,18H,3-6H2,1-2H3,(H,24,25). The summed E-state index contributed by atoms with van der Waals surface area (Å²) >= 11 is 0. The zero-order chi connectivity index (χ0) is 19.0. The van der Waals surface area contributed by atoms with Gasteiger partial charge in [0.15, 0.2) is 11.5 Å². The van der Waals surface area contributed by atoms with Crippen LogP contribution in [0.3, 0.4) is 0 Å². The lowest BCUT2D eigenvalue weighted by molar-refractivity contribution is 0.0697. The van der Waals surface area contributed by atoms with Crippen molar-refractivity contribution in [2.45, 2.75) is 37.6 Å². The van der Waals surface area contributed by atoms with E-state index in [0.29, 0.717) is 11.7 Å². The Morgan fingerprint density at radius 3 is 2.37 bits per heavy atom. The molecule has 2 aliphatic rings. The lowest BCUT2D eigenvalue weighted by Crippen LogP contribution is -2.29. The molecule has 1 N–H and O–H groups in total. The SMILES string of the molecule is COc1cc2c(cc1OC)C1CCCCC1N=C2c1ccc(C(=O)O)cc1. The molecule has 2 aromatic rings. The van der Waals surface area contributed by atoms with Crippen molar-refractivity contribution in [3.05, 3.63) is 58.7 Å². The Kier molecular flexibility index (Phi) is 4.60. The van der Waals surface area contributed by atoms with Crippen molar-refractivity contribution in [1.29, 1.82) is 0 Å². The number of hydrogen-bond acceptors (Lipinski definition) is 4. The van der Waals surface area contributed by atoms with Crippen molar-refractivity contribution in [1.82, 2.24) is 0 Å². The molecule has 1 aliphatic carbocycles. The summed E-state index contributed by atoms with van der Waals surface area (Å²) in [5.41, 5.74) is 4.42. The van der Waals surface area contributed by atoms with Gasteiger partial charge in [0.1, 0.15) is 0 Å². The first-order valence-corrected chi connectivity index (χ1v) is 9.30. The van der Waals surface area contributed by atoms with Gasteiger partial charge in [-0.15, -0.1) is 0 Å². The molecule has 27 heavy (non-hydrogen) atoms. The van der Waals surface area contributed by atoms with E-state index in [9.17, 15) is 4.79 Å². The number of aromatic carboxylic acids is 1. The second kappa shape index (κ2) is 7.06. The third-order valence-electron chi connectivity index (χ3n) is 5.64. The van der Waals surface area contributed by atoms with E-state index in [-0.39, 0.29) is 11.6 Å². The first kappa shape index (κ1) is 17.6. The highest BCUT2D eigenvalue weighted by molar-refractivity contribution is 6.15. The van der Waals surface area contributed by atoms with Crippen LogP contribution in [-0.2, 0) is 0 Å². The molecule has 4 rings (SSSR count). The lowest BCUT2D eigenvalue weighted by Gasteiger charge is -2.35. The Balaban J connectivity index is 1.86. The highest BCUT2D eigenvalue weighted by Crippen LogP contribution is 2.44. The minimum atomic E-state index is -0.925. The maximum Gasteiger partial charge on any atom is 0.335 e. The van der Waals surface area contributed by atoms with E-state index in [4.69, 9.17) is 19.6 Å². The maximum absolute atomic E-state index is 11.2. The van der Waals surface area contributed by atoms with Gasteiger partial charge in [0.2, 0.25) is 0 Å². The molecule has 140 valence electrons. The number of carboxylic acid groups (broad SMARTS) is 1. The zero-order valence-corrected chi connectivity index (χ0v) is 15.6. The summed E-state index contributed by atoms with van der Waals surface area (Å²) in [5, 5.41) is 9.16. The van der Waals surface area contributed by atoms with Crippen LogP contribution in [0, 0.1) is 0 Å². The van der Waals surface area contributed by atoms with E-state index >= 15 is 0 Å². The third kappa shape index (κ3) is 3.07. The summed E-state index contributed by atoms with van der Waals surface area (Å²) in [4.78, 5) is 16.3. The van der Waals surface area contributed by atoms with Crippen LogP contribution in [-0.4, -0.2) is 37.0 Å². The fourth-order valence-electron chi connectivity index (χ4n) is 4.27.